The molecule has 1 N–H and O–H groups in total. The summed E-state index contributed by atoms with van der Waals surface area (Å²) in [7, 11) is -7.79. The SMILES string of the molecule is O=S(=O)(O)CCCCOS(=O)(=O)c1ccccc1. The zero-order valence-electron chi connectivity index (χ0n) is 9.52. The van der Waals surface area contributed by atoms with Crippen LogP contribution in [-0.2, 0) is 24.4 Å². The third-order valence-electron chi connectivity index (χ3n) is 2.07. The van der Waals surface area contributed by atoms with Gasteiger partial charge < -0.3 is 0 Å². The Balaban J connectivity index is 2.40. The quantitative estimate of drug-likeness (QED) is 0.459. The van der Waals surface area contributed by atoms with Crippen LogP contribution in [0.3, 0.4) is 0 Å². The molecule has 0 aliphatic rings. The van der Waals surface area contributed by atoms with Crippen LogP contribution in [0.1, 0.15) is 12.8 Å². The van der Waals surface area contributed by atoms with Gasteiger partial charge >= 0.3 is 0 Å². The Morgan fingerprint density at radius 2 is 1.61 bits per heavy atom. The van der Waals surface area contributed by atoms with E-state index in [-0.39, 0.29) is 24.3 Å². The maximum absolute atomic E-state index is 11.6. The average Bonchev–Trinajstić information content (AvgIpc) is 2.28. The Kier molecular flexibility index (Phi) is 5.27. The molecule has 1 aromatic carbocycles. The van der Waals surface area contributed by atoms with Crippen LogP contribution in [0.25, 0.3) is 0 Å². The standard InChI is InChI=1S/C10H14O6S2/c11-17(12,13)9-5-4-8-16-18(14,15)10-6-2-1-3-7-10/h1-3,6-7H,4-5,8-9H2,(H,11,12,13). The van der Waals surface area contributed by atoms with Crippen LogP contribution >= 0.6 is 0 Å². The molecule has 0 heterocycles. The molecule has 0 bridgehead atoms. The Morgan fingerprint density at radius 1 is 1.00 bits per heavy atom. The molecule has 0 saturated carbocycles. The molecule has 0 unspecified atom stereocenters. The van der Waals surface area contributed by atoms with E-state index in [0.717, 1.165) is 0 Å². The van der Waals surface area contributed by atoms with Gasteiger partial charge in [-0.05, 0) is 25.0 Å². The van der Waals surface area contributed by atoms with Crippen molar-refractivity contribution >= 4 is 20.2 Å². The van der Waals surface area contributed by atoms with Crippen molar-refractivity contribution in [1.82, 2.24) is 0 Å². The van der Waals surface area contributed by atoms with Gasteiger partial charge in [0.1, 0.15) is 0 Å². The van der Waals surface area contributed by atoms with Crippen molar-refractivity contribution in [2.24, 2.45) is 0 Å². The van der Waals surface area contributed by atoms with Crippen molar-refractivity contribution in [2.45, 2.75) is 17.7 Å². The van der Waals surface area contributed by atoms with Gasteiger partial charge in [-0.3, -0.25) is 8.74 Å². The van der Waals surface area contributed by atoms with E-state index in [2.05, 4.69) is 0 Å². The van der Waals surface area contributed by atoms with Crippen molar-refractivity contribution in [3.05, 3.63) is 30.3 Å². The third-order valence-corrected chi connectivity index (χ3v) is 4.20. The summed E-state index contributed by atoms with van der Waals surface area (Å²) < 4.78 is 57.2. The van der Waals surface area contributed by atoms with Gasteiger partial charge in [0.15, 0.2) is 0 Å². The van der Waals surface area contributed by atoms with E-state index in [0.29, 0.717) is 0 Å². The van der Waals surface area contributed by atoms with Crippen molar-refractivity contribution in [2.75, 3.05) is 12.4 Å². The number of unbranched alkanes of at least 4 members (excludes halogenated alkanes) is 1. The van der Waals surface area contributed by atoms with Crippen LogP contribution in [-0.4, -0.2) is 33.7 Å². The van der Waals surface area contributed by atoms with Gasteiger partial charge in [-0.2, -0.15) is 16.8 Å². The van der Waals surface area contributed by atoms with Crippen LogP contribution in [0.15, 0.2) is 35.2 Å². The monoisotopic (exact) mass is 294 g/mol. The topological polar surface area (TPSA) is 97.7 Å². The lowest BCUT2D eigenvalue weighted by Crippen LogP contribution is -2.09. The second-order valence-corrected chi connectivity index (χ2v) is 6.77. The first-order chi connectivity index (χ1) is 8.31. The maximum atomic E-state index is 11.6. The average molecular weight is 294 g/mol. The minimum Gasteiger partial charge on any atom is -0.286 e. The van der Waals surface area contributed by atoms with Gasteiger partial charge in [0.25, 0.3) is 20.2 Å². The molecule has 102 valence electrons. The van der Waals surface area contributed by atoms with Crippen LogP contribution in [0.4, 0.5) is 0 Å². The molecule has 0 fully saturated rings. The zero-order chi connectivity index (χ0) is 13.6. The molecular formula is C10H14O6S2. The van der Waals surface area contributed by atoms with Gasteiger partial charge in [-0.15, -0.1) is 0 Å². The molecule has 1 rings (SSSR count). The van der Waals surface area contributed by atoms with Crippen LogP contribution in [0, 0.1) is 0 Å². The van der Waals surface area contributed by atoms with Crippen LogP contribution < -0.4 is 0 Å². The second kappa shape index (κ2) is 6.28. The van der Waals surface area contributed by atoms with E-state index in [9.17, 15) is 16.8 Å². The number of benzene rings is 1. The first-order valence-electron chi connectivity index (χ1n) is 5.21. The molecule has 0 aromatic heterocycles. The molecular weight excluding hydrogens is 280 g/mol. The lowest BCUT2D eigenvalue weighted by molar-refractivity contribution is 0.310. The summed E-state index contributed by atoms with van der Waals surface area (Å²) in [5.41, 5.74) is 0. The molecule has 8 heteroatoms. The normalized spacial score (nSPS) is 12.5. The molecule has 0 aliphatic carbocycles. The summed E-state index contributed by atoms with van der Waals surface area (Å²) in [4.78, 5) is 0.0554. The molecule has 1 aromatic rings. The minimum atomic E-state index is -4.00. The first kappa shape index (κ1) is 15.1. The predicted octanol–water partition coefficient (Wildman–Crippen LogP) is 1.06. The number of rotatable bonds is 7. The molecule has 0 atom stereocenters. The van der Waals surface area contributed by atoms with E-state index in [4.69, 9.17) is 8.74 Å². The maximum Gasteiger partial charge on any atom is 0.296 e. The Morgan fingerprint density at radius 3 is 2.17 bits per heavy atom. The first-order valence-corrected chi connectivity index (χ1v) is 8.23. The van der Waals surface area contributed by atoms with Crippen LogP contribution in [0.2, 0.25) is 0 Å². The van der Waals surface area contributed by atoms with Gasteiger partial charge in [0.2, 0.25) is 0 Å². The van der Waals surface area contributed by atoms with Gasteiger partial charge in [-0.25, -0.2) is 0 Å². The Hall–Kier alpha value is -0.960. The van der Waals surface area contributed by atoms with E-state index in [1.807, 2.05) is 0 Å². The fraction of sp³-hybridized carbons (Fsp3) is 0.400. The summed E-state index contributed by atoms with van der Waals surface area (Å²) in [6.07, 6.45) is 0.370. The van der Waals surface area contributed by atoms with Crippen molar-refractivity contribution in [3.8, 4) is 0 Å². The van der Waals surface area contributed by atoms with E-state index in [1.165, 1.54) is 12.1 Å². The number of hydrogen-bond acceptors (Lipinski definition) is 5. The molecule has 0 spiro atoms. The number of hydrogen-bond donors (Lipinski definition) is 1. The van der Waals surface area contributed by atoms with E-state index >= 15 is 0 Å². The highest BCUT2D eigenvalue weighted by Gasteiger charge is 2.14. The lowest BCUT2D eigenvalue weighted by atomic mass is 10.4. The van der Waals surface area contributed by atoms with E-state index < -0.39 is 26.0 Å². The van der Waals surface area contributed by atoms with Crippen LogP contribution in [0.5, 0.6) is 0 Å². The summed E-state index contributed by atoms with van der Waals surface area (Å²) in [6, 6.07) is 7.66. The Labute approximate surface area is 106 Å². The van der Waals surface area contributed by atoms with Gasteiger partial charge in [-0.1, -0.05) is 18.2 Å². The molecule has 0 aliphatic heterocycles. The Bertz CT molecular complexity index is 562. The summed E-state index contributed by atoms with van der Waals surface area (Å²) in [5, 5.41) is 0. The minimum absolute atomic E-state index is 0.0554. The van der Waals surface area contributed by atoms with Crippen molar-refractivity contribution in [3.63, 3.8) is 0 Å². The molecule has 6 nitrogen and oxygen atoms in total. The highest BCUT2D eigenvalue weighted by Crippen LogP contribution is 2.11. The lowest BCUT2D eigenvalue weighted by Gasteiger charge is -2.04. The summed E-state index contributed by atoms with van der Waals surface area (Å²) >= 11 is 0. The molecule has 0 radical (unpaired) electrons. The van der Waals surface area contributed by atoms with Crippen molar-refractivity contribution in [1.29, 1.82) is 0 Å². The molecule has 18 heavy (non-hydrogen) atoms. The van der Waals surface area contributed by atoms with E-state index in [1.54, 1.807) is 18.2 Å². The fourth-order valence-corrected chi connectivity index (χ4v) is 2.74. The summed E-state index contributed by atoms with van der Waals surface area (Å²) in [6.45, 7) is -0.118. The zero-order valence-corrected chi connectivity index (χ0v) is 11.2. The fourth-order valence-electron chi connectivity index (χ4n) is 1.21. The van der Waals surface area contributed by atoms with Gasteiger partial charge in [0, 0.05) is 0 Å². The summed E-state index contributed by atoms with van der Waals surface area (Å²) in [5.74, 6) is -0.401. The predicted molar refractivity (Wildman–Crippen MR) is 65.2 cm³/mol. The highest BCUT2D eigenvalue weighted by molar-refractivity contribution is 7.86. The third kappa shape index (κ3) is 5.58. The second-order valence-electron chi connectivity index (χ2n) is 3.58. The largest absolute Gasteiger partial charge is 0.296 e. The molecule has 0 saturated heterocycles. The molecule has 0 amide bonds. The smallest absolute Gasteiger partial charge is 0.286 e. The van der Waals surface area contributed by atoms with Gasteiger partial charge in [0.05, 0.1) is 17.3 Å². The highest BCUT2D eigenvalue weighted by atomic mass is 32.2. The van der Waals surface area contributed by atoms with Crippen molar-refractivity contribution < 1.29 is 25.6 Å².